The SMILES string of the molecule is C.C=CC(=O)C(C)(C)CC.CC.Cc1cccnc1. The number of hydrogen-bond donors (Lipinski definition) is 0. The van der Waals surface area contributed by atoms with E-state index in [2.05, 4.69) is 11.6 Å². The fourth-order valence-electron chi connectivity index (χ4n) is 0.899. The van der Waals surface area contributed by atoms with Crippen LogP contribution in [0.2, 0.25) is 0 Å². The Morgan fingerprint density at radius 2 is 1.95 bits per heavy atom. The summed E-state index contributed by atoms with van der Waals surface area (Å²) in [5, 5.41) is 0. The van der Waals surface area contributed by atoms with Crippen molar-refractivity contribution in [2.45, 2.75) is 55.4 Å². The van der Waals surface area contributed by atoms with E-state index in [1.165, 1.54) is 11.6 Å². The predicted octanol–water partition coefficient (Wildman–Crippen LogP) is 5.23. The Hall–Kier alpha value is -1.44. The number of aryl methyl sites for hydroxylation is 1. The van der Waals surface area contributed by atoms with E-state index in [4.69, 9.17) is 0 Å². The average Bonchev–Trinajstić information content (AvgIpc) is 2.41. The lowest BCUT2D eigenvalue weighted by Crippen LogP contribution is -2.20. The third-order valence-electron chi connectivity index (χ3n) is 2.55. The lowest BCUT2D eigenvalue weighted by molar-refractivity contribution is -0.122. The minimum Gasteiger partial charge on any atom is -0.294 e. The van der Waals surface area contributed by atoms with Crippen molar-refractivity contribution >= 4 is 5.78 Å². The topological polar surface area (TPSA) is 30.0 Å². The number of aromatic nitrogens is 1. The van der Waals surface area contributed by atoms with Gasteiger partial charge in [0, 0.05) is 17.8 Å². The van der Waals surface area contributed by atoms with Crippen molar-refractivity contribution in [3.05, 3.63) is 42.7 Å². The smallest absolute Gasteiger partial charge is 0.160 e. The second-order valence-corrected chi connectivity index (χ2v) is 4.34. The van der Waals surface area contributed by atoms with Crippen LogP contribution in [0.3, 0.4) is 0 Å². The van der Waals surface area contributed by atoms with Crippen molar-refractivity contribution in [3.8, 4) is 0 Å². The molecule has 1 rings (SSSR count). The summed E-state index contributed by atoms with van der Waals surface area (Å²) in [7, 11) is 0. The molecule has 1 aromatic heterocycles. The van der Waals surface area contributed by atoms with Crippen LogP contribution in [0.15, 0.2) is 37.2 Å². The number of pyridine rings is 1. The number of carbonyl (C=O) groups excluding carboxylic acids is 1. The molecule has 0 amide bonds. The Bertz CT molecular complexity index is 328. The van der Waals surface area contributed by atoms with Gasteiger partial charge in [-0.2, -0.15) is 0 Å². The Morgan fingerprint density at radius 3 is 2.11 bits per heavy atom. The molecule has 0 aliphatic heterocycles. The molecule has 0 saturated heterocycles. The van der Waals surface area contributed by atoms with Crippen molar-refractivity contribution in [1.29, 1.82) is 0 Å². The van der Waals surface area contributed by atoms with Crippen LogP contribution in [0.4, 0.5) is 0 Å². The fraction of sp³-hybridized carbons (Fsp3) is 0.529. The number of allylic oxidation sites excluding steroid dienone is 1. The van der Waals surface area contributed by atoms with Crippen LogP contribution in [0.1, 0.15) is 54.0 Å². The zero-order valence-corrected chi connectivity index (χ0v) is 12.7. The van der Waals surface area contributed by atoms with Crippen LogP contribution in [-0.2, 0) is 4.79 Å². The normalized spacial score (nSPS) is 8.74. The van der Waals surface area contributed by atoms with Gasteiger partial charge in [0.15, 0.2) is 5.78 Å². The summed E-state index contributed by atoms with van der Waals surface area (Å²) < 4.78 is 0. The Balaban J connectivity index is -0.000000231. The first-order valence-electron chi connectivity index (χ1n) is 6.47. The molecule has 0 atom stereocenters. The second-order valence-electron chi connectivity index (χ2n) is 4.34. The van der Waals surface area contributed by atoms with E-state index in [1.54, 1.807) is 6.20 Å². The van der Waals surface area contributed by atoms with Gasteiger partial charge in [0.1, 0.15) is 0 Å². The molecule has 0 radical (unpaired) electrons. The number of nitrogens with zero attached hydrogens (tertiary/aromatic N) is 1. The van der Waals surface area contributed by atoms with E-state index in [9.17, 15) is 4.79 Å². The number of rotatable bonds is 3. The third-order valence-corrected chi connectivity index (χ3v) is 2.55. The van der Waals surface area contributed by atoms with E-state index < -0.39 is 0 Å². The average molecular weight is 265 g/mol. The van der Waals surface area contributed by atoms with Gasteiger partial charge in [0.05, 0.1) is 0 Å². The van der Waals surface area contributed by atoms with Gasteiger partial charge in [0.2, 0.25) is 0 Å². The van der Waals surface area contributed by atoms with Crippen molar-refractivity contribution in [2.24, 2.45) is 5.41 Å². The molecular weight excluding hydrogens is 234 g/mol. The van der Waals surface area contributed by atoms with Crippen molar-refractivity contribution < 1.29 is 4.79 Å². The molecule has 0 aliphatic rings. The van der Waals surface area contributed by atoms with Crippen LogP contribution in [0.5, 0.6) is 0 Å². The molecule has 2 heteroatoms. The quantitative estimate of drug-likeness (QED) is 0.700. The molecule has 19 heavy (non-hydrogen) atoms. The highest BCUT2D eigenvalue weighted by molar-refractivity contribution is 5.93. The largest absolute Gasteiger partial charge is 0.294 e. The number of ketones is 1. The molecule has 2 nitrogen and oxygen atoms in total. The van der Waals surface area contributed by atoms with Crippen LogP contribution in [-0.4, -0.2) is 10.8 Å². The van der Waals surface area contributed by atoms with Gasteiger partial charge in [-0.3, -0.25) is 9.78 Å². The van der Waals surface area contributed by atoms with E-state index >= 15 is 0 Å². The summed E-state index contributed by atoms with van der Waals surface area (Å²) in [5.74, 6) is 0.130. The van der Waals surface area contributed by atoms with Gasteiger partial charge in [-0.25, -0.2) is 0 Å². The van der Waals surface area contributed by atoms with Gasteiger partial charge >= 0.3 is 0 Å². The monoisotopic (exact) mass is 265 g/mol. The van der Waals surface area contributed by atoms with E-state index in [1.807, 2.05) is 59.9 Å². The van der Waals surface area contributed by atoms with Crippen LogP contribution >= 0.6 is 0 Å². The van der Waals surface area contributed by atoms with Gasteiger partial charge < -0.3 is 0 Å². The Morgan fingerprint density at radius 1 is 1.42 bits per heavy atom. The minimum atomic E-state index is -0.207. The first kappa shape index (κ1) is 22.7. The first-order valence-corrected chi connectivity index (χ1v) is 6.47. The zero-order valence-electron chi connectivity index (χ0n) is 12.7. The molecule has 0 spiro atoms. The molecule has 0 aliphatic carbocycles. The predicted molar refractivity (Wildman–Crippen MR) is 86.3 cm³/mol. The lowest BCUT2D eigenvalue weighted by atomic mass is 9.85. The van der Waals surface area contributed by atoms with Crippen LogP contribution in [0, 0.1) is 12.3 Å². The highest BCUT2D eigenvalue weighted by atomic mass is 16.1. The number of carbonyl (C=O) groups is 1. The number of hydrogen-bond acceptors (Lipinski definition) is 2. The summed E-state index contributed by atoms with van der Waals surface area (Å²) in [6, 6.07) is 3.95. The van der Waals surface area contributed by atoms with Gasteiger partial charge in [-0.05, 0) is 31.1 Å². The van der Waals surface area contributed by atoms with Crippen molar-refractivity contribution in [3.63, 3.8) is 0 Å². The molecule has 1 aromatic rings. The van der Waals surface area contributed by atoms with Gasteiger partial charge in [-0.15, -0.1) is 0 Å². The molecule has 0 saturated carbocycles. The third kappa shape index (κ3) is 11.4. The molecule has 0 fully saturated rings. The molecular formula is C17H31NO. The summed E-state index contributed by atoms with van der Waals surface area (Å²) >= 11 is 0. The summed E-state index contributed by atoms with van der Waals surface area (Å²) in [6.45, 7) is 15.3. The maximum atomic E-state index is 10.9. The summed E-state index contributed by atoms with van der Waals surface area (Å²) in [5.41, 5.74) is 1.00. The van der Waals surface area contributed by atoms with E-state index in [0.717, 1.165) is 6.42 Å². The molecule has 0 unspecified atom stereocenters. The van der Waals surface area contributed by atoms with E-state index in [0.29, 0.717) is 0 Å². The highest BCUT2D eigenvalue weighted by Crippen LogP contribution is 2.20. The van der Waals surface area contributed by atoms with Crippen LogP contribution in [0.25, 0.3) is 0 Å². The zero-order chi connectivity index (χ0) is 14.6. The lowest BCUT2D eigenvalue weighted by Gasteiger charge is -2.17. The fourth-order valence-corrected chi connectivity index (χ4v) is 0.899. The Kier molecular flexibility index (Phi) is 15.5. The van der Waals surface area contributed by atoms with Crippen molar-refractivity contribution in [2.75, 3.05) is 0 Å². The summed E-state index contributed by atoms with van der Waals surface area (Å²) in [4.78, 5) is 14.8. The summed E-state index contributed by atoms with van der Waals surface area (Å²) in [6.07, 6.45) is 5.87. The molecule has 0 bridgehead atoms. The van der Waals surface area contributed by atoms with Crippen molar-refractivity contribution in [1.82, 2.24) is 4.98 Å². The molecule has 1 heterocycles. The van der Waals surface area contributed by atoms with Gasteiger partial charge in [0.25, 0.3) is 0 Å². The molecule has 110 valence electrons. The van der Waals surface area contributed by atoms with Crippen LogP contribution < -0.4 is 0 Å². The van der Waals surface area contributed by atoms with E-state index in [-0.39, 0.29) is 18.6 Å². The second kappa shape index (κ2) is 13.0. The standard InChI is InChI=1S/C8H14O.C6H7N.C2H6.CH4/c1-5-7(9)8(3,4)6-2;1-6-3-2-4-7-5-6;1-2;/h5H,1,6H2,2-4H3;2-5H,1H3;1-2H3;1H4. The van der Waals surface area contributed by atoms with Gasteiger partial charge in [-0.1, -0.05) is 54.7 Å². The maximum Gasteiger partial charge on any atom is 0.160 e. The molecule has 0 N–H and O–H groups in total. The Labute approximate surface area is 120 Å². The minimum absolute atomic E-state index is 0. The maximum absolute atomic E-state index is 10.9. The highest BCUT2D eigenvalue weighted by Gasteiger charge is 2.21. The first-order chi connectivity index (χ1) is 8.44. The molecule has 0 aromatic carbocycles.